The zero-order valence-electron chi connectivity index (χ0n) is 22.4. The second-order valence-corrected chi connectivity index (χ2v) is 12.9. The Hall–Kier alpha value is -2.91. The molecule has 1 saturated heterocycles. The average molecular weight is 547 g/mol. The van der Waals surface area contributed by atoms with Crippen molar-refractivity contribution >= 4 is 5.69 Å². The fraction of sp³-hybridized carbons (Fsp3) is 0.586. The van der Waals surface area contributed by atoms with E-state index in [2.05, 4.69) is 4.98 Å². The van der Waals surface area contributed by atoms with Crippen molar-refractivity contribution in [2.24, 2.45) is 11.8 Å². The molecule has 2 atom stereocenters. The average Bonchev–Trinajstić information content (AvgIpc) is 3.81. The van der Waals surface area contributed by atoms with Gasteiger partial charge in [0.1, 0.15) is 29.0 Å². The molecular weight excluding hydrogens is 515 g/mol. The number of nitrogens with zero attached hydrogens (tertiary/aromatic N) is 4. The summed E-state index contributed by atoms with van der Waals surface area (Å²) in [6.07, 6.45) is -1.35. The van der Waals surface area contributed by atoms with Gasteiger partial charge < -0.3 is 9.32 Å². The summed E-state index contributed by atoms with van der Waals surface area (Å²) >= 11 is 0. The lowest BCUT2D eigenvalue weighted by Gasteiger charge is -2.24. The molecule has 0 bridgehead atoms. The van der Waals surface area contributed by atoms with E-state index < -0.39 is 23.2 Å². The molecule has 5 nitrogen and oxygen atoms in total. The molecule has 3 aliphatic carbocycles. The van der Waals surface area contributed by atoms with Crippen molar-refractivity contribution in [1.82, 2.24) is 14.5 Å². The molecule has 1 aliphatic heterocycles. The van der Waals surface area contributed by atoms with Crippen molar-refractivity contribution in [3.63, 3.8) is 0 Å². The largest absolute Gasteiger partial charge is 0.448 e. The normalized spacial score (nSPS) is 25.8. The number of oxazole rings is 1. The van der Waals surface area contributed by atoms with Crippen LogP contribution < -0.4 is 4.90 Å². The van der Waals surface area contributed by atoms with Gasteiger partial charge in [-0.2, -0.15) is 13.2 Å². The number of halogens is 5. The van der Waals surface area contributed by atoms with Gasteiger partial charge in [-0.15, -0.1) is 0 Å². The van der Waals surface area contributed by atoms with Gasteiger partial charge in [0.2, 0.25) is 0 Å². The van der Waals surface area contributed by atoms with Gasteiger partial charge in [-0.25, -0.2) is 18.7 Å². The van der Waals surface area contributed by atoms with E-state index in [4.69, 9.17) is 9.40 Å². The quantitative estimate of drug-likeness (QED) is 0.321. The highest BCUT2D eigenvalue weighted by molar-refractivity contribution is 5.59. The van der Waals surface area contributed by atoms with Crippen LogP contribution in [-0.4, -0.2) is 33.8 Å². The number of hydrogen-bond acceptors (Lipinski definition) is 4. The third-order valence-electron chi connectivity index (χ3n) is 9.13. The van der Waals surface area contributed by atoms with Crippen molar-refractivity contribution in [3.8, 4) is 5.69 Å². The molecule has 7 rings (SSSR count). The highest BCUT2D eigenvalue weighted by atomic mass is 19.4. The minimum Gasteiger partial charge on any atom is -0.448 e. The van der Waals surface area contributed by atoms with E-state index in [1.807, 2.05) is 25.7 Å². The highest BCUT2D eigenvalue weighted by Crippen LogP contribution is 2.61. The number of piperidine rings is 1. The van der Waals surface area contributed by atoms with Crippen molar-refractivity contribution in [1.29, 1.82) is 0 Å². The zero-order valence-corrected chi connectivity index (χ0v) is 22.4. The van der Waals surface area contributed by atoms with E-state index >= 15 is 8.78 Å². The molecular formula is C29H31F5N4O. The second-order valence-electron chi connectivity index (χ2n) is 12.9. The van der Waals surface area contributed by atoms with Crippen LogP contribution in [0.5, 0.6) is 0 Å². The number of aromatic nitrogens is 3. The Kier molecular flexibility index (Phi) is 5.05. The third kappa shape index (κ3) is 3.69. The van der Waals surface area contributed by atoms with E-state index in [1.54, 1.807) is 6.26 Å². The van der Waals surface area contributed by atoms with Crippen LogP contribution >= 0.6 is 0 Å². The molecule has 39 heavy (non-hydrogen) atoms. The van der Waals surface area contributed by atoms with Gasteiger partial charge in [0.25, 0.3) is 0 Å². The zero-order chi connectivity index (χ0) is 27.6. The first-order valence-electron chi connectivity index (χ1n) is 13.7. The number of anilines is 1. The van der Waals surface area contributed by atoms with Gasteiger partial charge in [0, 0.05) is 36.0 Å². The van der Waals surface area contributed by atoms with Crippen LogP contribution in [0.25, 0.3) is 5.69 Å². The Morgan fingerprint density at radius 2 is 1.67 bits per heavy atom. The summed E-state index contributed by atoms with van der Waals surface area (Å²) in [6.45, 7) is 8.82. The summed E-state index contributed by atoms with van der Waals surface area (Å²) in [6, 6.07) is 2.65. The summed E-state index contributed by atoms with van der Waals surface area (Å²) in [5.41, 5.74) is -1.26. The van der Waals surface area contributed by atoms with Crippen molar-refractivity contribution in [2.75, 3.05) is 18.0 Å². The monoisotopic (exact) mass is 546 g/mol. The molecule has 4 aliphatic rings. The number of alkyl halides is 3. The Bertz CT molecular complexity index is 1460. The molecule has 0 radical (unpaired) electrons. The van der Waals surface area contributed by atoms with Crippen molar-refractivity contribution in [2.45, 2.75) is 82.2 Å². The number of benzene rings is 1. The van der Waals surface area contributed by atoms with Crippen LogP contribution in [0.15, 0.2) is 22.8 Å². The van der Waals surface area contributed by atoms with E-state index in [-0.39, 0.29) is 52.9 Å². The van der Waals surface area contributed by atoms with Gasteiger partial charge in [-0.05, 0) is 56.6 Å². The molecule has 0 spiro atoms. The lowest BCUT2D eigenvalue weighted by atomic mass is 9.97. The molecule has 2 unspecified atom stereocenters. The fourth-order valence-electron chi connectivity index (χ4n) is 6.58. The second kappa shape index (κ2) is 7.85. The minimum atomic E-state index is -4.46. The van der Waals surface area contributed by atoms with E-state index in [0.29, 0.717) is 36.6 Å². The summed E-state index contributed by atoms with van der Waals surface area (Å²) in [4.78, 5) is 11.0. The molecule has 2 aromatic heterocycles. The lowest BCUT2D eigenvalue weighted by Crippen LogP contribution is -2.30. The number of rotatable bonds is 5. The molecule has 0 N–H and O–H groups in total. The topological polar surface area (TPSA) is 47.1 Å². The number of hydrogen-bond donors (Lipinski definition) is 0. The van der Waals surface area contributed by atoms with Gasteiger partial charge >= 0.3 is 6.18 Å². The number of imidazole rings is 1. The van der Waals surface area contributed by atoms with Gasteiger partial charge in [0.15, 0.2) is 11.7 Å². The molecule has 3 heterocycles. The standard InChI is InChI=1S/C29H31F5N4O/c1-14-24(28(9-10-28)29(32,33)34)36-25(15-5-6-15)38(14)23-18(30)7-8-20(22(23)31)37-11-16-17(12-37)21(16)19-13-39-26(35-19)27(2,3)4/h7-8,13,15-17,21H,5-6,9-12H2,1-4H3. The maximum atomic E-state index is 16.2. The van der Waals surface area contributed by atoms with Gasteiger partial charge in [0.05, 0.1) is 17.1 Å². The molecule has 3 saturated carbocycles. The molecule has 4 fully saturated rings. The van der Waals surface area contributed by atoms with Crippen LogP contribution in [0.4, 0.5) is 27.6 Å². The first-order valence-corrected chi connectivity index (χ1v) is 13.7. The summed E-state index contributed by atoms with van der Waals surface area (Å²) < 4.78 is 80.5. The maximum Gasteiger partial charge on any atom is 0.400 e. The first kappa shape index (κ1) is 25.1. The molecule has 208 valence electrons. The van der Waals surface area contributed by atoms with Crippen LogP contribution in [0.1, 0.15) is 87.1 Å². The van der Waals surface area contributed by atoms with Crippen LogP contribution in [0, 0.1) is 30.4 Å². The Morgan fingerprint density at radius 1 is 1.00 bits per heavy atom. The third-order valence-corrected chi connectivity index (χ3v) is 9.13. The van der Waals surface area contributed by atoms with Crippen LogP contribution in [0.2, 0.25) is 0 Å². The molecule has 10 heteroatoms. The minimum absolute atomic E-state index is 0.0516. The predicted molar refractivity (Wildman–Crippen MR) is 134 cm³/mol. The van der Waals surface area contributed by atoms with Crippen molar-refractivity contribution < 1.29 is 26.4 Å². The van der Waals surface area contributed by atoms with Crippen LogP contribution in [0.3, 0.4) is 0 Å². The van der Waals surface area contributed by atoms with Gasteiger partial charge in [-0.1, -0.05) is 20.8 Å². The van der Waals surface area contributed by atoms with E-state index in [0.717, 1.165) is 18.5 Å². The summed E-state index contributed by atoms with van der Waals surface area (Å²) in [5, 5.41) is 0. The van der Waals surface area contributed by atoms with E-state index in [9.17, 15) is 13.2 Å². The molecule has 3 aromatic rings. The van der Waals surface area contributed by atoms with Crippen LogP contribution in [-0.2, 0) is 10.8 Å². The lowest BCUT2D eigenvalue weighted by molar-refractivity contribution is -0.161. The SMILES string of the molecule is Cc1c(C2(C(F)(F)F)CC2)nc(C2CC2)n1-c1c(F)ccc(N2CC3C(C2)C3c2coc(C(C)(C)C)n2)c1F. The van der Waals surface area contributed by atoms with E-state index in [1.165, 1.54) is 23.6 Å². The fourth-order valence-corrected chi connectivity index (χ4v) is 6.58. The smallest absolute Gasteiger partial charge is 0.400 e. The van der Waals surface area contributed by atoms with Gasteiger partial charge in [-0.3, -0.25) is 4.57 Å². The summed E-state index contributed by atoms with van der Waals surface area (Å²) in [5.74, 6) is 0.204. The Balaban J connectivity index is 1.21. The first-order chi connectivity index (χ1) is 18.3. The Labute approximate surface area is 223 Å². The van der Waals surface area contributed by atoms with Crippen molar-refractivity contribution in [3.05, 3.63) is 58.8 Å². The Morgan fingerprint density at radius 3 is 2.21 bits per heavy atom. The molecule has 0 amide bonds. The molecule has 1 aromatic carbocycles. The maximum absolute atomic E-state index is 16.2. The highest BCUT2D eigenvalue weighted by Gasteiger charge is 2.66. The predicted octanol–water partition coefficient (Wildman–Crippen LogP) is 7.07. The summed E-state index contributed by atoms with van der Waals surface area (Å²) in [7, 11) is 0. The number of fused-ring (bicyclic) bond motifs is 1.